The Kier molecular flexibility index (Phi) is 4.55. The van der Waals surface area contributed by atoms with Gasteiger partial charge in [0.2, 0.25) is 18.0 Å². The number of esters is 1. The number of ether oxygens (including phenoxy) is 3. The topological polar surface area (TPSA) is 113 Å². The fourth-order valence-corrected chi connectivity index (χ4v) is 2.29. The Hall–Kier alpha value is -3.10. The van der Waals surface area contributed by atoms with E-state index in [0.29, 0.717) is 17.4 Å². The van der Waals surface area contributed by atoms with Crippen molar-refractivity contribution in [2.45, 2.75) is 25.7 Å². The van der Waals surface area contributed by atoms with Crippen LogP contribution in [0.1, 0.15) is 12.7 Å². The van der Waals surface area contributed by atoms with Gasteiger partial charge in [0.15, 0.2) is 23.9 Å². The zero-order valence-corrected chi connectivity index (χ0v) is 14.2. The van der Waals surface area contributed by atoms with Gasteiger partial charge < -0.3 is 24.8 Å². The Morgan fingerprint density at radius 1 is 1.20 bits per heavy atom. The van der Waals surface area contributed by atoms with Gasteiger partial charge in [-0.2, -0.15) is 15.0 Å². The number of aromatic nitrogens is 3. The Morgan fingerprint density at radius 3 is 2.56 bits per heavy atom. The van der Waals surface area contributed by atoms with E-state index >= 15 is 0 Å². The highest BCUT2D eigenvalue weighted by atomic mass is 16.6. The molecular formula is C16H19N5O4. The van der Waals surface area contributed by atoms with Crippen LogP contribution in [0.25, 0.3) is 0 Å². The highest BCUT2D eigenvalue weighted by Crippen LogP contribution is 2.33. The van der Waals surface area contributed by atoms with Gasteiger partial charge in [-0.1, -0.05) is 12.1 Å². The van der Waals surface area contributed by atoms with E-state index in [1.165, 1.54) is 0 Å². The standard InChI is InChI=1S/C16H19N5O4/c1-9-13(25-11-7-5-4-6-10(11)24-9)14(22)23-8-12-18-15(17)20-16(19-12)21(2)3/h4-7,9,13H,8H2,1-3H3,(H2,17,18,19,20). The molecule has 0 saturated carbocycles. The van der Waals surface area contributed by atoms with E-state index in [1.54, 1.807) is 44.1 Å². The maximum atomic E-state index is 12.4. The van der Waals surface area contributed by atoms with Gasteiger partial charge in [0.25, 0.3) is 0 Å². The quantitative estimate of drug-likeness (QED) is 0.803. The smallest absolute Gasteiger partial charge is 0.351 e. The second-order valence-corrected chi connectivity index (χ2v) is 5.72. The van der Waals surface area contributed by atoms with Crippen molar-refractivity contribution in [2.24, 2.45) is 0 Å². The van der Waals surface area contributed by atoms with Gasteiger partial charge in [-0.25, -0.2) is 4.79 Å². The van der Waals surface area contributed by atoms with Gasteiger partial charge in [-0.05, 0) is 19.1 Å². The maximum Gasteiger partial charge on any atom is 0.351 e. The minimum Gasteiger partial charge on any atom is -0.482 e. The first kappa shape index (κ1) is 16.7. The van der Waals surface area contributed by atoms with Gasteiger partial charge in [-0.15, -0.1) is 0 Å². The third-order valence-electron chi connectivity index (χ3n) is 3.51. The van der Waals surface area contributed by atoms with E-state index in [2.05, 4.69) is 15.0 Å². The summed E-state index contributed by atoms with van der Waals surface area (Å²) in [6.07, 6.45) is -1.36. The van der Waals surface area contributed by atoms with E-state index in [0.717, 1.165) is 0 Å². The highest BCUT2D eigenvalue weighted by Gasteiger charge is 2.35. The predicted molar refractivity (Wildman–Crippen MR) is 89.3 cm³/mol. The fraction of sp³-hybridized carbons (Fsp3) is 0.375. The third-order valence-corrected chi connectivity index (χ3v) is 3.51. The zero-order valence-electron chi connectivity index (χ0n) is 14.2. The molecule has 2 aromatic rings. The van der Waals surface area contributed by atoms with Gasteiger partial charge in [0, 0.05) is 14.1 Å². The molecule has 2 unspecified atom stereocenters. The minimum atomic E-state index is -0.873. The lowest BCUT2D eigenvalue weighted by atomic mass is 10.2. The number of carbonyl (C=O) groups is 1. The molecule has 3 rings (SSSR count). The molecule has 1 aliphatic heterocycles. The van der Waals surface area contributed by atoms with E-state index < -0.39 is 18.2 Å². The van der Waals surface area contributed by atoms with Crippen LogP contribution in [0.15, 0.2) is 24.3 Å². The van der Waals surface area contributed by atoms with E-state index in [1.807, 2.05) is 6.07 Å². The third kappa shape index (κ3) is 3.70. The molecule has 0 fully saturated rings. The molecule has 0 spiro atoms. The van der Waals surface area contributed by atoms with Crippen LogP contribution in [0.3, 0.4) is 0 Å². The number of nitrogen functional groups attached to an aromatic ring is 1. The Bertz CT molecular complexity index is 783. The van der Waals surface area contributed by atoms with Crippen molar-refractivity contribution in [3.8, 4) is 11.5 Å². The molecule has 0 bridgehead atoms. The molecule has 1 aliphatic rings. The van der Waals surface area contributed by atoms with Gasteiger partial charge in [0.05, 0.1) is 0 Å². The van der Waals surface area contributed by atoms with Crippen molar-refractivity contribution >= 4 is 17.9 Å². The summed E-state index contributed by atoms with van der Waals surface area (Å²) in [5.41, 5.74) is 5.65. The fourth-order valence-electron chi connectivity index (χ4n) is 2.29. The van der Waals surface area contributed by atoms with Gasteiger partial charge in [0.1, 0.15) is 6.10 Å². The predicted octanol–water partition coefficient (Wildman–Crippen LogP) is 0.791. The van der Waals surface area contributed by atoms with E-state index in [9.17, 15) is 4.79 Å². The lowest BCUT2D eigenvalue weighted by Gasteiger charge is -2.30. The Morgan fingerprint density at radius 2 is 1.88 bits per heavy atom. The largest absolute Gasteiger partial charge is 0.482 e. The van der Waals surface area contributed by atoms with Crippen LogP contribution in [-0.4, -0.2) is 47.2 Å². The molecule has 2 heterocycles. The maximum absolute atomic E-state index is 12.4. The Labute approximate surface area is 144 Å². The zero-order chi connectivity index (χ0) is 18.0. The molecule has 0 aliphatic carbocycles. The number of benzene rings is 1. The number of para-hydroxylation sites is 2. The summed E-state index contributed by atoms with van der Waals surface area (Å²) in [6.45, 7) is 1.60. The summed E-state index contributed by atoms with van der Waals surface area (Å²) in [6, 6.07) is 7.15. The summed E-state index contributed by atoms with van der Waals surface area (Å²) in [5, 5.41) is 0. The van der Waals surface area contributed by atoms with Gasteiger partial charge >= 0.3 is 5.97 Å². The van der Waals surface area contributed by atoms with Crippen LogP contribution in [0.4, 0.5) is 11.9 Å². The summed E-state index contributed by atoms with van der Waals surface area (Å²) < 4.78 is 16.7. The van der Waals surface area contributed by atoms with Crippen LogP contribution in [-0.2, 0) is 16.1 Å². The number of hydrogen-bond donors (Lipinski definition) is 1. The van der Waals surface area contributed by atoms with Gasteiger partial charge in [-0.3, -0.25) is 0 Å². The summed E-state index contributed by atoms with van der Waals surface area (Å²) in [4.78, 5) is 26.2. The first-order valence-corrected chi connectivity index (χ1v) is 7.71. The molecule has 0 radical (unpaired) electrons. The molecule has 9 nitrogen and oxygen atoms in total. The first-order chi connectivity index (χ1) is 11.9. The monoisotopic (exact) mass is 345 g/mol. The number of nitrogens with zero attached hydrogens (tertiary/aromatic N) is 4. The molecule has 2 atom stereocenters. The summed E-state index contributed by atoms with van der Waals surface area (Å²) >= 11 is 0. The highest BCUT2D eigenvalue weighted by molar-refractivity contribution is 5.76. The second kappa shape index (κ2) is 6.80. The van der Waals surface area contributed by atoms with Crippen LogP contribution in [0.2, 0.25) is 0 Å². The molecule has 1 aromatic heterocycles. The SMILES string of the molecule is CC1Oc2ccccc2OC1C(=O)OCc1nc(N)nc(N(C)C)n1. The minimum absolute atomic E-state index is 0.0595. The van der Waals surface area contributed by atoms with Crippen LogP contribution in [0.5, 0.6) is 11.5 Å². The normalized spacial score (nSPS) is 18.5. The number of fused-ring (bicyclic) bond motifs is 1. The molecule has 132 valence electrons. The van der Waals surface area contributed by atoms with Crippen molar-refractivity contribution in [1.82, 2.24) is 15.0 Å². The van der Waals surface area contributed by atoms with E-state index in [-0.39, 0.29) is 18.4 Å². The summed E-state index contributed by atoms with van der Waals surface area (Å²) in [7, 11) is 3.55. The molecule has 0 amide bonds. The van der Waals surface area contributed by atoms with Crippen molar-refractivity contribution < 1.29 is 19.0 Å². The number of hydrogen-bond acceptors (Lipinski definition) is 9. The van der Waals surface area contributed by atoms with Crippen molar-refractivity contribution in [3.63, 3.8) is 0 Å². The van der Waals surface area contributed by atoms with Crippen molar-refractivity contribution in [2.75, 3.05) is 24.7 Å². The van der Waals surface area contributed by atoms with Crippen molar-refractivity contribution in [1.29, 1.82) is 0 Å². The molecule has 0 saturated heterocycles. The summed E-state index contributed by atoms with van der Waals surface area (Å²) in [5.74, 6) is 1.24. The van der Waals surface area contributed by atoms with Crippen LogP contribution >= 0.6 is 0 Å². The number of nitrogens with two attached hydrogens (primary N) is 1. The average Bonchev–Trinajstić information content (AvgIpc) is 2.58. The second-order valence-electron chi connectivity index (χ2n) is 5.72. The van der Waals surface area contributed by atoms with E-state index in [4.69, 9.17) is 19.9 Å². The molecule has 25 heavy (non-hydrogen) atoms. The first-order valence-electron chi connectivity index (χ1n) is 7.71. The lowest BCUT2D eigenvalue weighted by molar-refractivity contribution is -0.159. The number of rotatable bonds is 4. The molecular weight excluding hydrogens is 326 g/mol. The lowest BCUT2D eigenvalue weighted by Crippen LogP contribution is -2.44. The van der Waals surface area contributed by atoms with Crippen molar-refractivity contribution in [3.05, 3.63) is 30.1 Å². The average molecular weight is 345 g/mol. The van der Waals surface area contributed by atoms with Crippen LogP contribution < -0.4 is 20.1 Å². The molecule has 9 heteroatoms. The number of anilines is 2. The number of carbonyl (C=O) groups excluding carboxylic acids is 1. The molecule has 1 aromatic carbocycles. The van der Waals surface area contributed by atoms with Crippen LogP contribution in [0, 0.1) is 0 Å². The molecule has 2 N–H and O–H groups in total. The Balaban J connectivity index is 1.67.